The number of carboxylic acid groups (broad SMARTS) is 1. The molecule has 0 aromatic carbocycles. The lowest BCUT2D eigenvalue weighted by Crippen LogP contribution is -2.65. The number of rotatable bonds is 17. The molecule has 9 heteroatoms. The van der Waals surface area contributed by atoms with Gasteiger partial charge in [0.05, 0.1) is 40.4 Å². The molecule has 0 amide bonds. The van der Waals surface area contributed by atoms with Crippen molar-refractivity contribution in [1.29, 1.82) is 0 Å². The van der Waals surface area contributed by atoms with Crippen LogP contribution < -0.4 is 0 Å². The van der Waals surface area contributed by atoms with E-state index in [2.05, 4.69) is 92.9 Å². The molecule has 310 valence electrons. The molecule has 1 saturated heterocycles. The molecule has 1 aliphatic heterocycles. The molecule has 9 nitrogen and oxygen atoms in total. The Morgan fingerprint density at radius 3 is 2.45 bits per heavy atom. The second-order valence-electron chi connectivity index (χ2n) is 19.2. The van der Waals surface area contributed by atoms with Crippen LogP contribution in [0.2, 0.25) is 0 Å². The van der Waals surface area contributed by atoms with Crippen LogP contribution in [0.15, 0.2) is 72.6 Å². The minimum atomic E-state index is -1.24. The number of carbonyl (C=O) groups excluding carboxylic acids is 1. The Hall–Kier alpha value is -3.79. The first kappa shape index (κ1) is 41.0. The second kappa shape index (κ2) is 16.3. The summed E-state index contributed by atoms with van der Waals surface area (Å²) in [5, 5.41) is 11.8. The van der Waals surface area contributed by atoms with Crippen LogP contribution in [0, 0.1) is 58.7 Å². The lowest BCUT2D eigenvalue weighted by Gasteiger charge is -2.60. The minimum absolute atomic E-state index is 0.0228. The van der Waals surface area contributed by atoms with Gasteiger partial charge in [0.1, 0.15) is 11.7 Å². The van der Waals surface area contributed by atoms with Crippen LogP contribution in [0.3, 0.4) is 0 Å². The van der Waals surface area contributed by atoms with E-state index in [4.69, 9.17) is 14.7 Å². The first-order chi connectivity index (χ1) is 28.0. The number of ether oxygens (including phenoxy) is 1. The molecule has 4 heterocycles. The fourth-order valence-electron chi connectivity index (χ4n) is 13.3. The zero-order chi connectivity index (χ0) is 40.8. The number of nitrogens with zero attached hydrogens (tertiary/aromatic N) is 5. The monoisotopic (exact) mass is 788 g/mol. The predicted molar refractivity (Wildman–Crippen MR) is 225 cm³/mol. The molecule has 3 aromatic rings. The lowest BCUT2D eigenvalue weighted by molar-refractivity contribution is -0.197. The van der Waals surface area contributed by atoms with Crippen LogP contribution in [0.4, 0.5) is 0 Å². The van der Waals surface area contributed by atoms with E-state index in [0.717, 1.165) is 91.7 Å². The molecule has 0 spiro atoms. The number of aryl methyl sites for hydroxylation is 1. The van der Waals surface area contributed by atoms with Gasteiger partial charge in [-0.25, -0.2) is 0 Å². The van der Waals surface area contributed by atoms with E-state index in [-0.39, 0.29) is 35.9 Å². The summed E-state index contributed by atoms with van der Waals surface area (Å²) in [5.41, 5.74) is 3.47. The van der Waals surface area contributed by atoms with Crippen molar-refractivity contribution in [1.82, 2.24) is 24.8 Å². The van der Waals surface area contributed by atoms with Gasteiger partial charge in [0.15, 0.2) is 0 Å². The molecule has 4 aliphatic carbocycles. The van der Waals surface area contributed by atoms with Gasteiger partial charge in [-0.1, -0.05) is 76.8 Å². The first-order valence-electron chi connectivity index (χ1n) is 22.2. The lowest BCUT2D eigenvalue weighted by atomic mass is 9.41. The summed E-state index contributed by atoms with van der Waals surface area (Å²) in [4.78, 5) is 47.4. The maximum Gasteiger partial charge on any atom is 0.315 e. The van der Waals surface area contributed by atoms with Crippen LogP contribution in [-0.4, -0.2) is 67.9 Å². The van der Waals surface area contributed by atoms with E-state index in [9.17, 15) is 14.7 Å². The average molecular weight is 788 g/mol. The summed E-state index contributed by atoms with van der Waals surface area (Å²) in [6, 6.07) is 16.5. The number of carbonyl (C=O) groups is 2. The van der Waals surface area contributed by atoms with Crippen molar-refractivity contribution in [2.75, 3.05) is 13.6 Å². The van der Waals surface area contributed by atoms with Gasteiger partial charge in [0.25, 0.3) is 0 Å². The third-order valence-electron chi connectivity index (χ3n) is 15.7. The van der Waals surface area contributed by atoms with Crippen molar-refractivity contribution in [3.05, 3.63) is 101 Å². The molecule has 7 unspecified atom stereocenters. The third-order valence-corrected chi connectivity index (χ3v) is 15.7. The van der Waals surface area contributed by atoms with E-state index < -0.39 is 22.2 Å². The molecule has 1 N–H and O–H groups in total. The first-order valence-corrected chi connectivity index (χ1v) is 22.2. The van der Waals surface area contributed by atoms with Gasteiger partial charge in [0, 0.05) is 50.5 Å². The SMILES string of the molecule is CCCCC1CC(C23C[C@@H]4[C@H](C)CC[C@H]4C4(C=O)CC2C=C(C(C)C)C34C(=O)O)OC1CN(Cc1cccc(CN(C)Cc2ccccn2)n1)Cc1ncccc1C. The zero-order valence-electron chi connectivity index (χ0n) is 35.6. The molecule has 4 bridgehead atoms. The van der Waals surface area contributed by atoms with Gasteiger partial charge < -0.3 is 14.6 Å². The van der Waals surface area contributed by atoms with Crippen molar-refractivity contribution in [3.63, 3.8) is 0 Å². The second-order valence-corrected chi connectivity index (χ2v) is 19.2. The van der Waals surface area contributed by atoms with Crippen molar-refractivity contribution in [2.24, 2.45) is 51.8 Å². The highest BCUT2D eigenvalue weighted by atomic mass is 16.5. The zero-order valence-corrected chi connectivity index (χ0v) is 35.6. The molecule has 3 aromatic heterocycles. The van der Waals surface area contributed by atoms with Gasteiger partial charge in [-0.15, -0.1) is 0 Å². The van der Waals surface area contributed by atoms with Crippen molar-refractivity contribution in [3.8, 4) is 0 Å². The summed E-state index contributed by atoms with van der Waals surface area (Å²) >= 11 is 0. The Morgan fingerprint density at radius 1 is 0.983 bits per heavy atom. The smallest absolute Gasteiger partial charge is 0.315 e. The molecule has 4 fully saturated rings. The number of aldehydes is 1. The summed E-state index contributed by atoms with van der Waals surface area (Å²) in [7, 11) is 2.10. The molecule has 5 aliphatic rings. The van der Waals surface area contributed by atoms with Crippen LogP contribution in [0.25, 0.3) is 0 Å². The number of allylic oxidation sites excluding steroid dienone is 1. The highest BCUT2D eigenvalue weighted by Gasteiger charge is 2.86. The maximum absolute atomic E-state index is 14.4. The number of carboxylic acids is 1. The number of pyridine rings is 3. The Labute approximate surface area is 346 Å². The standard InChI is InChI=1S/C49H65N5O4/c1-7-8-14-35-22-45(48-25-40-33(4)18-19-41(40)47(31-55)24-36(48)23-42(32(2)3)49(47,48)46(56)57)58-44(35)30-54(29-43-34(5)13-12-21-51-43)28-39-17-11-16-38(52-39)27-53(6)26-37-15-9-10-20-50-37/h9-13,15-17,20-21,23,31-33,35-36,40-41,44-45H,7-8,14,18-19,22,24-30H2,1-6H3,(H,56,57)/t33-,35?,36?,40-,41-,44?,45?,47?,48?,49?/m1/s1. The van der Waals surface area contributed by atoms with Gasteiger partial charge in [-0.3, -0.25) is 29.5 Å². The van der Waals surface area contributed by atoms with Crippen LogP contribution >= 0.6 is 0 Å². The molecule has 10 atom stereocenters. The molecular formula is C49H65N5O4. The molecule has 8 rings (SSSR count). The van der Waals surface area contributed by atoms with Crippen molar-refractivity contribution >= 4 is 12.3 Å². The van der Waals surface area contributed by atoms with E-state index in [0.29, 0.717) is 44.4 Å². The normalized spacial score (nSPS) is 33.6. The number of fused-ring (bicyclic) bond motifs is 2. The number of unbranched alkanes of at least 4 members (excludes halogenated alkanes) is 1. The van der Waals surface area contributed by atoms with Crippen LogP contribution in [-0.2, 0) is 40.5 Å². The van der Waals surface area contributed by atoms with Gasteiger partial charge >= 0.3 is 5.97 Å². The largest absolute Gasteiger partial charge is 0.481 e. The Bertz CT molecular complexity index is 1990. The van der Waals surface area contributed by atoms with E-state index in [1.807, 2.05) is 30.6 Å². The fraction of sp³-hybridized carbons (Fsp3) is 0.612. The minimum Gasteiger partial charge on any atom is -0.481 e. The van der Waals surface area contributed by atoms with Gasteiger partial charge in [0.2, 0.25) is 0 Å². The average Bonchev–Trinajstić information content (AvgIpc) is 3.91. The Morgan fingerprint density at radius 2 is 1.74 bits per heavy atom. The highest BCUT2D eigenvalue weighted by molar-refractivity contribution is 5.90. The molecular weight excluding hydrogens is 723 g/mol. The summed E-state index contributed by atoms with van der Waals surface area (Å²) in [6.45, 7) is 14.4. The Kier molecular flexibility index (Phi) is 11.5. The topological polar surface area (TPSA) is 109 Å². The molecule has 3 saturated carbocycles. The highest BCUT2D eigenvalue weighted by Crippen LogP contribution is 2.84. The summed E-state index contributed by atoms with van der Waals surface area (Å²) in [6.07, 6.45) is 14.4. The van der Waals surface area contributed by atoms with E-state index >= 15 is 0 Å². The third kappa shape index (κ3) is 6.68. The predicted octanol–water partition coefficient (Wildman–Crippen LogP) is 8.70. The molecule has 0 radical (unpaired) electrons. The fourth-order valence-corrected chi connectivity index (χ4v) is 13.3. The van der Waals surface area contributed by atoms with Crippen LogP contribution in [0.1, 0.15) is 107 Å². The summed E-state index contributed by atoms with van der Waals surface area (Å²) in [5.74, 6) is 0.470. The van der Waals surface area contributed by atoms with E-state index in [1.165, 1.54) is 0 Å². The number of aliphatic carboxylic acids is 1. The molecule has 58 heavy (non-hydrogen) atoms. The van der Waals surface area contributed by atoms with Gasteiger partial charge in [-0.05, 0) is 117 Å². The quantitative estimate of drug-likeness (QED) is 0.106. The van der Waals surface area contributed by atoms with Crippen molar-refractivity contribution in [2.45, 2.75) is 124 Å². The summed E-state index contributed by atoms with van der Waals surface area (Å²) < 4.78 is 7.55. The number of aromatic nitrogens is 3. The number of hydrogen-bond donors (Lipinski definition) is 1. The van der Waals surface area contributed by atoms with Crippen molar-refractivity contribution < 1.29 is 19.4 Å². The van der Waals surface area contributed by atoms with Gasteiger partial charge in [-0.2, -0.15) is 0 Å². The number of hydrogen-bond acceptors (Lipinski definition) is 8. The Balaban J connectivity index is 1.12. The van der Waals surface area contributed by atoms with E-state index in [1.54, 1.807) is 0 Å². The maximum atomic E-state index is 14.4. The van der Waals surface area contributed by atoms with Crippen LogP contribution in [0.5, 0.6) is 0 Å².